The lowest BCUT2D eigenvalue weighted by Crippen LogP contribution is -2.19. The summed E-state index contributed by atoms with van der Waals surface area (Å²) < 4.78 is 12.9. The SMILES string of the molecule is COCCn1c(=NC(=O)CCC2CCCC2)sc2cc(C(=O)OC)ccc21. The number of amides is 1. The highest BCUT2D eigenvalue weighted by Crippen LogP contribution is 2.28. The van der Waals surface area contributed by atoms with Gasteiger partial charge in [0.05, 0.1) is 29.5 Å². The van der Waals surface area contributed by atoms with Gasteiger partial charge in [0.1, 0.15) is 0 Å². The Hall–Kier alpha value is -1.99. The topological polar surface area (TPSA) is 69.9 Å². The van der Waals surface area contributed by atoms with Crippen LogP contribution >= 0.6 is 11.3 Å². The molecule has 0 unspecified atom stereocenters. The molecule has 0 aliphatic heterocycles. The molecule has 1 heterocycles. The lowest BCUT2D eigenvalue weighted by molar-refractivity contribution is -0.118. The van der Waals surface area contributed by atoms with E-state index in [-0.39, 0.29) is 11.9 Å². The lowest BCUT2D eigenvalue weighted by atomic mass is 10.0. The maximum Gasteiger partial charge on any atom is 0.337 e. The summed E-state index contributed by atoms with van der Waals surface area (Å²) in [7, 11) is 3.01. The predicted molar refractivity (Wildman–Crippen MR) is 105 cm³/mol. The highest BCUT2D eigenvalue weighted by molar-refractivity contribution is 7.16. The Bertz CT molecular complexity index is 878. The van der Waals surface area contributed by atoms with Crippen LogP contribution in [0, 0.1) is 5.92 Å². The van der Waals surface area contributed by atoms with Gasteiger partial charge in [-0.25, -0.2) is 4.79 Å². The van der Waals surface area contributed by atoms with Gasteiger partial charge in [-0.15, -0.1) is 0 Å². The van der Waals surface area contributed by atoms with Gasteiger partial charge >= 0.3 is 5.97 Å². The second-order valence-electron chi connectivity index (χ2n) is 6.90. The number of esters is 1. The van der Waals surface area contributed by atoms with Gasteiger partial charge in [-0.2, -0.15) is 4.99 Å². The molecule has 7 heteroatoms. The first kappa shape index (κ1) is 19.8. The second-order valence-corrected chi connectivity index (χ2v) is 7.91. The van der Waals surface area contributed by atoms with E-state index in [4.69, 9.17) is 9.47 Å². The predicted octanol–water partition coefficient (Wildman–Crippen LogP) is 3.53. The normalized spacial score (nSPS) is 15.6. The Morgan fingerprint density at radius 2 is 2.04 bits per heavy atom. The van der Waals surface area contributed by atoms with Crippen molar-refractivity contribution in [2.24, 2.45) is 10.9 Å². The van der Waals surface area contributed by atoms with E-state index < -0.39 is 0 Å². The standard InChI is InChI=1S/C20H26N2O4S/c1-25-12-11-22-16-9-8-15(19(24)26-2)13-17(16)27-20(22)21-18(23)10-7-14-5-3-4-6-14/h8-9,13-14H,3-7,10-12H2,1-2H3. The fraction of sp³-hybridized carbons (Fsp3) is 0.550. The third-order valence-corrected chi connectivity index (χ3v) is 6.13. The number of hydrogen-bond acceptors (Lipinski definition) is 5. The summed E-state index contributed by atoms with van der Waals surface area (Å²) in [6, 6.07) is 5.39. The largest absolute Gasteiger partial charge is 0.465 e. The molecule has 1 amide bonds. The number of methoxy groups -OCH3 is 2. The zero-order chi connectivity index (χ0) is 19.2. The molecule has 1 aliphatic carbocycles. The van der Waals surface area contributed by atoms with Gasteiger partial charge in [0.25, 0.3) is 0 Å². The van der Waals surface area contributed by atoms with Crippen molar-refractivity contribution in [2.75, 3.05) is 20.8 Å². The van der Waals surface area contributed by atoms with E-state index in [1.165, 1.54) is 44.1 Å². The number of hydrogen-bond donors (Lipinski definition) is 0. The fourth-order valence-corrected chi connectivity index (χ4v) is 4.70. The number of benzene rings is 1. The van der Waals surface area contributed by atoms with Crippen molar-refractivity contribution >= 4 is 33.4 Å². The molecule has 1 fully saturated rings. The zero-order valence-corrected chi connectivity index (χ0v) is 16.7. The number of fused-ring (bicyclic) bond motifs is 1. The summed E-state index contributed by atoms with van der Waals surface area (Å²) in [4.78, 5) is 29.2. The number of carbonyl (C=O) groups is 2. The Morgan fingerprint density at radius 3 is 2.74 bits per heavy atom. The van der Waals surface area contributed by atoms with Crippen LogP contribution in [0.1, 0.15) is 48.9 Å². The number of nitrogens with zero attached hydrogens (tertiary/aromatic N) is 2. The minimum atomic E-state index is -0.375. The van der Waals surface area contributed by atoms with E-state index in [0.29, 0.717) is 35.9 Å². The van der Waals surface area contributed by atoms with Gasteiger partial charge in [0.2, 0.25) is 5.91 Å². The highest BCUT2D eigenvalue weighted by atomic mass is 32.1. The number of rotatable bonds is 7. The molecule has 6 nitrogen and oxygen atoms in total. The van der Waals surface area contributed by atoms with E-state index in [9.17, 15) is 9.59 Å². The van der Waals surface area contributed by atoms with Gasteiger partial charge in [-0.3, -0.25) is 4.79 Å². The molecule has 1 aromatic heterocycles. The number of carbonyl (C=O) groups excluding carboxylic acids is 2. The van der Waals surface area contributed by atoms with Gasteiger partial charge in [-0.05, 0) is 30.5 Å². The van der Waals surface area contributed by atoms with E-state index in [1.54, 1.807) is 19.2 Å². The number of aromatic nitrogens is 1. The van der Waals surface area contributed by atoms with Crippen LogP contribution in [0.5, 0.6) is 0 Å². The van der Waals surface area contributed by atoms with Gasteiger partial charge in [0, 0.05) is 20.1 Å². The molecular weight excluding hydrogens is 364 g/mol. The highest BCUT2D eigenvalue weighted by Gasteiger charge is 2.16. The Kier molecular flexibility index (Phi) is 6.79. The smallest absolute Gasteiger partial charge is 0.337 e. The molecule has 0 saturated heterocycles. The van der Waals surface area contributed by atoms with Crippen molar-refractivity contribution in [3.05, 3.63) is 28.6 Å². The molecule has 1 aliphatic rings. The van der Waals surface area contributed by atoms with Gasteiger partial charge < -0.3 is 14.0 Å². The minimum absolute atomic E-state index is 0.0761. The molecule has 146 valence electrons. The fourth-order valence-electron chi connectivity index (χ4n) is 3.59. The Balaban J connectivity index is 1.88. The first-order valence-corrected chi connectivity index (χ1v) is 10.2. The van der Waals surface area contributed by atoms with Crippen molar-refractivity contribution in [1.82, 2.24) is 4.57 Å². The number of ether oxygens (including phenoxy) is 2. The average Bonchev–Trinajstić information content (AvgIpc) is 3.31. The maximum absolute atomic E-state index is 12.4. The summed E-state index contributed by atoms with van der Waals surface area (Å²) >= 11 is 1.41. The molecule has 3 rings (SSSR count). The van der Waals surface area contributed by atoms with E-state index >= 15 is 0 Å². The number of thiazole rings is 1. The average molecular weight is 391 g/mol. The van der Waals surface area contributed by atoms with Gasteiger partial charge in [0.15, 0.2) is 4.80 Å². The molecule has 27 heavy (non-hydrogen) atoms. The van der Waals surface area contributed by atoms with Crippen LogP contribution in [-0.2, 0) is 20.8 Å². The van der Waals surface area contributed by atoms with Crippen LogP contribution < -0.4 is 4.80 Å². The third-order valence-electron chi connectivity index (χ3n) is 5.08. The van der Waals surface area contributed by atoms with Crippen LogP contribution in [0.15, 0.2) is 23.2 Å². The third kappa shape index (κ3) is 4.84. The lowest BCUT2D eigenvalue weighted by Gasteiger charge is -2.06. The Labute approximate surface area is 162 Å². The van der Waals surface area contributed by atoms with Crippen molar-refractivity contribution in [2.45, 2.75) is 45.1 Å². The molecule has 0 atom stereocenters. The maximum atomic E-state index is 12.4. The summed E-state index contributed by atoms with van der Waals surface area (Å²) in [6.45, 7) is 1.12. The molecule has 0 radical (unpaired) electrons. The van der Waals surface area contributed by atoms with E-state index in [1.807, 2.05) is 10.6 Å². The van der Waals surface area contributed by atoms with E-state index in [0.717, 1.165) is 16.6 Å². The molecule has 1 aromatic carbocycles. The van der Waals surface area contributed by atoms with Crippen LogP contribution in [0.4, 0.5) is 0 Å². The van der Waals surface area contributed by atoms with Crippen LogP contribution in [0.25, 0.3) is 10.2 Å². The van der Waals surface area contributed by atoms with Crippen molar-refractivity contribution in [3.8, 4) is 0 Å². The quantitative estimate of drug-likeness (QED) is 0.678. The summed E-state index contributed by atoms with van der Waals surface area (Å²) in [6.07, 6.45) is 6.47. The minimum Gasteiger partial charge on any atom is -0.465 e. The van der Waals surface area contributed by atoms with Crippen molar-refractivity contribution < 1.29 is 19.1 Å². The first-order chi connectivity index (χ1) is 13.1. The van der Waals surface area contributed by atoms with Crippen LogP contribution in [0.2, 0.25) is 0 Å². The second kappa shape index (κ2) is 9.28. The molecule has 0 bridgehead atoms. The monoisotopic (exact) mass is 390 g/mol. The molecule has 0 N–H and O–H groups in total. The van der Waals surface area contributed by atoms with Crippen molar-refractivity contribution in [1.29, 1.82) is 0 Å². The van der Waals surface area contributed by atoms with Crippen molar-refractivity contribution in [3.63, 3.8) is 0 Å². The van der Waals surface area contributed by atoms with Crippen LogP contribution in [0.3, 0.4) is 0 Å². The molecule has 1 saturated carbocycles. The summed E-state index contributed by atoms with van der Waals surface area (Å²) in [5.41, 5.74) is 1.43. The summed E-state index contributed by atoms with van der Waals surface area (Å²) in [5.74, 6) is 0.225. The summed E-state index contributed by atoms with van der Waals surface area (Å²) in [5, 5.41) is 0. The zero-order valence-electron chi connectivity index (χ0n) is 15.9. The molecular formula is C20H26N2O4S. The van der Waals surface area contributed by atoms with Gasteiger partial charge in [-0.1, -0.05) is 37.0 Å². The first-order valence-electron chi connectivity index (χ1n) is 9.40. The Morgan fingerprint density at radius 1 is 1.26 bits per heavy atom. The molecule has 2 aromatic rings. The van der Waals surface area contributed by atoms with Crippen LogP contribution in [-0.4, -0.2) is 37.3 Å². The molecule has 0 spiro atoms. The van der Waals surface area contributed by atoms with E-state index in [2.05, 4.69) is 4.99 Å².